The van der Waals surface area contributed by atoms with Gasteiger partial charge in [-0.1, -0.05) is 12.2 Å². The Morgan fingerprint density at radius 3 is 2.71 bits per heavy atom. The molecule has 0 saturated carbocycles. The average Bonchev–Trinajstić information content (AvgIpc) is 2.47. The largest absolute Gasteiger partial charge is 0.486 e. The minimum atomic E-state index is 0.308. The predicted octanol–water partition coefficient (Wildman–Crippen LogP) is 2.54. The van der Waals surface area contributed by atoms with Gasteiger partial charge in [0.15, 0.2) is 11.5 Å². The lowest BCUT2D eigenvalue weighted by atomic mass is 10.2. The first-order chi connectivity index (χ1) is 10.1. The number of hydrogen-bond acceptors (Lipinski definition) is 5. The number of nitrogens with two attached hydrogens (primary N) is 1. The monoisotopic (exact) mass is 301 g/mol. The van der Waals surface area contributed by atoms with Crippen molar-refractivity contribution >= 4 is 28.7 Å². The van der Waals surface area contributed by atoms with Crippen LogP contribution in [0.15, 0.2) is 30.3 Å². The number of rotatable bonds is 3. The number of fused-ring (bicyclic) bond motifs is 1. The lowest BCUT2D eigenvalue weighted by molar-refractivity contribution is 0.171. The van der Waals surface area contributed by atoms with Crippen LogP contribution in [-0.4, -0.2) is 23.2 Å². The van der Waals surface area contributed by atoms with E-state index in [1.54, 1.807) is 0 Å². The Labute approximate surface area is 128 Å². The average molecular weight is 301 g/mol. The molecular weight excluding hydrogens is 286 g/mol. The van der Waals surface area contributed by atoms with E-state index in [0.717, 1.165) is 22.9 Å². The van der Waals surface area contributed by atoms with Crippen LogP contribution in [0.4, 0.5) is 11.5 Å². The number of aromatic nitrogens is 1. The van der Waals surface area contributed by atoms with Gasteiger partial charge in [0.2, 0.25) is 0 Å². The normalized spacial score (nSPS) is 12.8. The van der Waals surface area contributed by atoms with Crippen LogP contribution < -0.4 is 20.5 Å². The number of thiocarbonyl (C=S) groups is 1. The van der Waals surface area contributed by atoms with Gasteiger partial charge >= 0.3 is 0 Å². The van der Waals surface area contributed by atoms with Crippen LogP contribution in [0.5, 0.6) is 11.5 Å². The smallest absolute Gasteiger partial charge is 0.163 e. The second-order valence-corrected chi connectivity index (χ2v) is 5.14. The van der Waals surface area contributed by atoms with Gasteiger partial charge < -0.3 is 20.5 Å². The number of hydrogen-bond donors (Lipinski definition) is 2. The van der Waals surface area contributed by atoms with Gasteiger partial charge in [-0.05, 0) is 31.2 Å². The zero-order chi connectivity index (χ0) is 14.8. The fraction of sp³-hybridized carbons (Fsp3) is 0.200. The van der Waals surface area contributed by atoms with Gasteiger partial charge in [0.05, 0.1) is 5.56 Å². The molecule has 0 radical (unpaired) electrons. The van der Waals surface area contributed by atoms with Crippen molar-refractivity contribution in [2.75, 3.05) is 18.5 Å². The summed E-state index contributed by atoms with van der Waals surface area (Å²) in [4.78, 5) is 4.76. The first kappa shape index (κ1) is 13.6. The topological polar surface area (TPSA) is 69.4 Å². The van der Waals surface area contributed by atoms with Gasteiger partial charge in [0.25, 0.3) is 0 Å². The van der Waals surface area contributed by atoms with Crippen molar-refractivity contribution in [2.24, 2.45) is 5.73 Å². The van der Waals surface area contributed by atoms with Crippen LogP contribution in [0.3, 0.4) is 0 Å². The standard InChI is InChI=1S/C15H15N3O2S/c1-9-2-4-11(14(16)21)15(17-9)18-10-3-5-12-13(8-10)20-7-6-19-12/h2-5,8H,6-7H2,1H3,(H2,16,21)(H,17,18). The van der Waals surface area contributed by atoms with Crippen LogP contribution in [0.1, 0.15) is 11.3 Å². The van der Waals surface area contributed by atoms with Crippen molar-refractivity contribution in [3.63, 3.8) is 0 Å². The summed E-state index contributed by atoms with van der Waals surface area (Å²) in [5.74, 6) is 2.11. The predicted molar refractivity (Wildman–Crippen MR) is 85.6 cm³/mol. The van der Waals surface area contributed by atoms with Crippen LogP contribution in [-0.2, 0) is 0 Å². The van der Waals surface area contributed by atoms with Gasteiger partial charge in [-0.15, -0.1) is 0 Å². The molecule has 1 aromatic carbocycles. The highest BCUT2D eigenvalue weighted by Crippen LogP contribution is 2.33. The summed E-state index contributed by atoms with van der Waals surface area (Å²) in [5, 5.41) is 3.23. The summed E-state index contributed by atoms with van der Waals surface area (Å²) in [5.41, 5.74) is 8.18. The molecule has 0 unspecified atom stereocenters. The molecule has 2 aromatic rings. The van der Waals surface area contributed by atoms with E-state index in [4.69, 9.17) is 27.4 Å². The van der Waals surface area contributed by atoms with E-state index in [0.29, 0.717) is 29.6 Å². The zero-order valence-electron chi connectivity index (χ0n) is 11.6. The Balaban J connectivity index is 1.93. The zero-order valence-corrected chi connectivity index (χ0v) is 12.4. The van der Waals surface area contributed by atoms with E-state index < -0.39 is 0 Å². The van der Waals surface area contributed by atoms with Crippen molar-refractivity contribution in [2.45, 2.75) is 6.92 Å². The maximum atomic E-state index is 5.74. The van der Waals surface area contributed by atoms with Crippen molar-refractivity contribution in [3.05, 3.63) is 41.6 Å². The number of anilines is 2. The van der Waals surface area contributed by atoms with Crippen molar-refractivity contribution in [3.8, 4) is 11.5 Å². The lowest BCUT2D eigenvalue weighted by Crippen LogP contribution is -2.15. The summed E-state index contributed by atoms with van der Waals surface area (Å²) >= 11 is 5.06. The molecule has 1 aromatic heterocycles. The summed E-state index contributed by atoms with van der Waals surface area (Å²) < 4.78 is 11.1. The Morgan fingerprint density at radius 1 is 1.19 bits per heavy atom. The summed E-state index contributed by atoms with van der Waals surface area (Å²) in [6.45, 7) is 3.04. The third kappa shape index (κ3) is 2.90. The van der Waals surface area contributed by atoms with Crippen LogP contribution in [0.2, 0.25) is 0 Å². The van der Waals surface area contributed by atoms with E-state index >= 15 is 0 Å². The van der Waals surface area contributed by atoms with Gasteiger partial charge in [-0.25, -0.2) is 4.98 Å². The third-order valence-electron chi connectivity index (χ3n) is 3.10. The van der Waals surface area contributed by atoms with Gasteiger partial charge in [-0.3, -0.25) is 0 Å². The number of ether oxygens (including phenoxy) is 2. The molecule has 0 fully saturated rings. The van der Waals surface area contributed by atoms with Crippen molar-refractivity contribution < 1.29 is 9.47 Å². The maximum absolute atomic E-state index is 5.74. The van der Waals surface area contributed by atoms with Gasteiger partial charge in [0.1, 0.15) is 24.0 Å². The highest BCUT2D eigenvalue weighted by atomic mass is 32.1. The molecule has 6 heteroatoms. The second-order valence-electron chi connectivity index (χ2n) is 4.70. The minimum absolute atomic E-state index is 0.308. The van der Waals surface area contributed by atoms with E-state index in [1.165, 1.54) is 0 Å². The Morgan fingerprint density at radius 2 is 1.95 bits per heavy atom. The minimum Gasteiger partial charge on any atom is -0.486 e. The first-order valence-corrected chi connectivity index (χ1v) is 6.98. The second kappa shape index (κ2) is 5.57. The number of aryl methyl sites for hydroxylation is 1. The number of nitrogens with zero attached hydrogens (tertiary/aromatic N) is 1. The summed E-state index contributed by atoms with van der Waals surface area (Å²) in [6.07, 6.45) is 0. The van der Waals surface area contributed by atoms with E-state index in [2.05, 4.69) is 10.3 Å². The van der Waals surface area contributed by atoms with E-state index in [1.807, 2.05) is 37.3 Å². The summed E-state index contributed by atoms with van der Waals surface area (Å²) in [7, 11) is 0. The molecule has 21 heavy (non-hydrogen) atoms. The molecule has 0 saturated heterocycles. The molecule has 2 heterocycles. The van der Waals surface area contributed by atoms with Crippen LogP contribution in [0, 0.1) is 6.92 Å². The highest BCUT2D eigenvalue weighted by Gasteiger charge is 2.13. The highest BCUT2D eigenvalue weighted by molar-refractivity contribution is 7.80. The molecular formula is C15H15N3O2S. The third-order valence-corrected chi connectivity index (χ3v) is 3.32. The van der Waals surface area contributed by atoms with Gasteiger partial charge in [0, 0.05) is 17.4 Å². The molecule has 1 aliphatic heterocycles. The molecule has 1 aliphatic rings. The van der Waals surface area contributed by atoms with E-state index in [9.17, 15) is 0 Å². The van der Waals surface area contributed by atoms with E-state index in [-0.39, 0.29) is 0 Å². The molecule has 3 N–H and O–H groups in total. The van der Waals surface area contributed by atoms with Crippen molar-refractivity contribution in [1.29, 1.82) is 0 Å². The number of nitrogens with one attached hydrogen (secondary N) is 1. The fourth-order valence-corrected chi connectivity index (χ4v) is 2.27. The van der Waals surface area contributed by atoms with Gasteiger partial charge in [-0.2, -0.15) is 0 Å². The number of pyridine rings is 1. The Bertz CT molecular complexity index is 703. The molecule has 3 rings (SSSR count). The maximum Gasteiger partial charge on any atom is 0.163 e. The fourth-order valence-electron chi connectivity index (χ4n) is 2.11. The number of benzene rings is 1. The van der Waals surface area contributed by atoms with Crippen LogP contribution >= 0.6 is 12.2 Å². The SMILES string of the molecule is Cc1ccc(C(N)=S)c(Nc2ccc3c(c2)OCCO3)n1. The molecule has 0 aliphatic carbocycles. The molecule has 0 atom stereocenters. The molecule has 108 valence electrons. The quantitative estimate of drug-likeness (QED) is 0.849. The molecule has 0 spiro atoms. The summed E-state index contributed by atoms with van der Waals surface area (Å²) in [6, 6.07) is 9.39. The molecule has 0 amide bonds. The molecule has 0 bridgehead atoms. The lowest BCUT2D eigenvalue weighted by Gasteiger charge is -2.19. The molecule has 5 nitrogen and oxygen atoms in total. The Kier molecular flexibility index (Phi) is 3.62. The van der Waals surface area contributed by atoms with Crippen LogP contribution in [0.25, 0.3) is 0 Å². The first-order valence-electron chi connectivity index (χ1n) is 6.57. The van der Waals surface area contributed by atoms with Crippen molar-refractivity contribution in [1.82, 2.24) is 4.98 Å². The Hall–Kier alpha value is -2.34.